The lowest BCUT2D eigenvalue weighted by molar-refractivity contribution is 0.276. The number of hydrogen-bond acceptors (Lipinski definition) is 6. The fourth-order valence-electron chi connectivity index (χ4n) is 3.19. The molecular formula is C24H18N4O3. The highest BCUT2D eigenvalue weighted by Gasteiger charge is 2.15. The zero-order chi connectivity index (χ0) is 21.0. The number of pyridine rings is 2. The lowest BCUT2D eigenvalue weighted by Crippen LogP contribution is -1.94. The van der Waals surface area contributed by atoms with Crippen LogP contribution in [-0.4, -0.2) is 25.0 Å². The van der Waals surface area contributed by atoms with Crippen molar-refractivity contribution < 1.29 is 14.6 Å². The monoisotopic (exact) mass is 410 g/mol. The van der Waals surface area contributed by atoms with Crippen molar-refractivity contribution in [3.05, 3.63) is 90.9 Å². The number of nitrogens with one attached hydrogen (secondary N) is 1. The van der Waals surface area contributed by atoms with E-state index < -0.39 is 0 Å². The highest BCUT2D eigenvalue weighted by atomic mass is 16.5. The molecule has 0 spiro atoms. The van der Waals surface area contributed by atoms with E-state index in [1.807, 2.05) is 48.5 Å². The van der Waals surface area contributed by atoms with Gasteiger partial charge in [-0.15, -0.1) is 0 Å². The van der Waals surface area contributed by atoms with Gasteiger partial charge in [0.05, 0.1) is 23.8 Å². The zero-order valence-corrected chi connectivity index (χ0v) is 16.4. The SMILES string of the molecule is OCc1ccccc1Oc1cc2nc(-c3ccccn3)[nH]c2cc1Oc1cccnc1. The predicted molar refractivity (Wildman–Crippen MR) is 116 cm³/mol. The number of fused-ring (bicyclic) bond motifs is 1. The molecule has 152 valence electrons. The summed E-state index contributed by atoms with van der Waals surface area (Å²) in [7, 11) is 0. The maximum absolute atomic E-state index is 9.66. The normalized spacial score (nSPS) is 10.9. The molecule has 3 heterocycles. The first-order chi connectivity index (χ1) is 15.3. The Morgan fingerprint density at radius 2 is 1.71 bits per heavy atom. The number of aromatic nitrogens is 4. The van der Waals surface area contributed by atoms with Crippen LogP contribution in [0, 0.1) is 0 Å². The summed E-state index contributed by atoms with van der Waals surface area (Å²) >= 11 is 0. The Morgan fingerprint density at radius 1 is 0.839 bits per heavy atom. The summed E-state index contributed by atoms with van der Waals surface area (Å²) < 4.78 is 12.2. The third-order valence-electron chi connectivity index (χ3n) is 4.68. The van der Waals surface area contributed by atoms with E-state index in [0.717, 1.165) is 11.2 Å². The lowest BCUT2D eigenvalue weighted by Gasteiger charge is -2.14. The molecule has 0 aliphatic carbocycles. The molecule has 0 radical (unpaired) electrons. The van der Waals surface area contributed by atoms with Gasteiger partial charge in [-0.3, -0.25) is 9.97 Å². The summed E-state index contributed by atoms with van der Waals surface area (Å²) in [4.78, 5) is 16.4. The number of nitrogens with zero attached hydrogens (tertiary/aromatic N) is 3. The van der Waals surface area contributed by atoms with Gasteiger partial charge in [-0.05, 0) is 30.3 Å². The molecule has 0 fully saturated rings. The Balaban J connectivity index is 1.61. The van der Waals surface area contributed by atoms with Crippen molar-refractivity contribution in [1.82, 2.24) is 19.9 Å². The van der Waals surface area contributed by atoms with Gasteiger partial charge < -0.3 is 19.6 Å². The Kier molecular flexibility index (Phi) is 5.00. The van der Waals surface area contributed by atoms with Crippen molar-refractivity contribution >= 4 is 11.0 Å². The van der Waals surface area contributed by atoms with Crippen LogP contribution in [0.2, 0.25) is 0 Å². The molecule has 0 aliphatic rings. The van der Waals surface area contributed by atoms with Crippen LogP contribution in [0.25, 0.3) is 22.6 Å². The van der Waals surface area contributed by atoms with Crippen LogP contribution in [0.1, 0.15) is 5.56 Å². The smallest absolute Gasteiger partial charge is 0.172 e. The molecule has 0 amide bonds. The molecule has 0 saturated heterocycles. The second-order valence-corrected chi connectivity index (χ2v) is 6.78. The van der Waals surface area contributed by atoms with Crippen molar-refractivity contribution in [2.24, 2.45) is 0 Å². The van der Waals surface area contributed by atoms with Gasteiger partial charge in [0.2, 0.25) is 0 Å². The summed E-state index contributed by atoms with van der Waals surface area (Å²) in [5.41, 5.74) is 2.89. The Labute approximate surface area is 178 Å². The number of imidazole rings is 1. The van der Waals surface area contributed by atoms with Crippen LogP contribution in [0.5, 0.6) is 23.0 Å². The number of aromatic amines is 1. The minimum absolute atomic E-state index is 0.135. The zero-order valence-electron chi connectivity index (χ0n) is 16.4. The highest BCUT2D eigenvalue weighted by Crippen LogP contribution is 2.39. The molecule has 31 heavy (non-hydrogen) atoms. The molecule has 0 saturated carbocycles. The van der Waals surface area contributed by atoms with Crippen LogP contribution in [0.15, 0.2) is 85.3 Å². The number of benzene rings is 2. The summed E-state index contributed by atoms with van der Waals surface area (Å²) in [6.07, 6.45) is 5.03. The number of H-pyrrole nitrogens is 1. The molecule has 7 heteroatoms. The molecule has 3 aromatic heterocycles. The van der Waals surface area contributed by atoms with E-state index in [-0.39, 0.29) is 6.61 Å². The van der Waals surface area contributed by atoms with Crippen molar-refractivity contribution in [2.45, 2.75) is 6.61 Å². The van der Waals surface area contributed by atoms with Crippen LogP contribution in [0.4, 0.5) is 0 Å². The van der Waals surface area contributed by atoms with Crippen LogP contribution >= 0.6 is 0 Å². The van der Waals surface area contributed by atoms with Crippen LogP contribution in [-0.2, 0) is 6.61 Å². The average Bonchev–Trinajstić information content (AvgIpc) is 3.24. The minimum Gasteiger partial charge on any atom is -0.453 e. The molecule has 0 aliphatic heterocycles. The topological polar surface area (TPSA) is 93.2 Å². The molecule has 0 unspecified atom stereocenters. The lowest BCUT2D eigenvalue weighted by atomic mass is 10.2. The molecule has 2 N–H and O–H groups in total. The Morgan fingerprint density at radius 3 is 2.52 bits per heavy atom. The van der Waals surface area contributed by atoms with Gasteiger partial charge in [-0.1, -0.05) is 24.3 Å². The molecule has 5 rings (SSSR count). The van der Waals surface area contributed by atoms with Gasteiger partial charge in [0.15, 0.2) is 17.3 Å². The summed E-state index contributed by atoms with van der Waals surface area (Å²) in [6, 6.07) is 20.2. The maximum Gasteiger partial charge on any atom is 0.172 e. The molecule has 2 aromatic carbocycles. The number of rotatable bonds is 6. The van der Waals surface area contributed by atoms with E-state index in [0.29, 0.717) is 39.9 Å². The summed E-state index contributed by atoms with van der Waals surface area (Å²) in [6.45, 7) is -0.135. The molecule has 5 aromatic rings. The molecule has 0 bridgehead atoms. The third kappa shape index (κ3) is 3.94. The van der Waals surface area contributed by atoms with Crippen molar-refractivity contribution in [3.8, 4) is 34.5 Å². The van der Waals surface area contributed by atoms with E-state index in [1.165, 1.54) is 0 Å². The van der Waals surface area contributed by atoms with Gasteiger partial charge in [-0.2, -0.15) is 0 Å². The van der Waals surface area contributed by atoms with E-state index in [4.69, 9.17) is 9.47 Å². The first-order valence-corrected chi connectivity index (χ1v) is 9.70. The third-order valence-corrected chi connectivity index (χ3v) is 4.68. The van der Waals surface area contributed by atoms with Gasteiger partial charge in [0, 0.05) is 30.1 Å². The Hall–Kier alpha value is -4.23. The van der Waals surface area contributed by atoms with Gasteiger partial charge in [0.25, 0.3) is 0 Å². The molecule has 0 atom stereocenters. The predicted octanol–water partition coefficient (Wildman–Crippen LogP) is 5.10. The first kappa shape index (κ1) is 18.8. The highest BCUT2D eigenvalue weighted by molar-refractivity contribution is 5.83. The van der Waals surface area contributed by atoms with Crippen LogP contribution < -0.4 is 9.47 Å². The van der Waals surface area contributed by atoms with Gasteiger partial charge in [-0.25, -0.2) is 4.98 Å². The van der Waals surface area contributed by atoms with Gasteiger partial charge in [0.1, 0.15) is 17.2 Å². The van der Waals surface area contributed by atoms with E-state index >= 15 is 0 Å². The molecular weight excluding hydrogens is 392 g/mol. The van der Waals surface area contributed by atoms with Crippen molar-refractivity contribution in [2.75, 3.05) is 0 Å². The number of aliphatic hydroxyl groups excluding tert-OH is 1. The van der Waals surface area contributed by atoms with Crippen molar-refractivity contribution in [3.63, 3.8) is 0 Å². The second-order valence-electron chi connectivity index (χ2n) is 6.78. The van der Waals surface area contributed by atoms with Crippen LogP contribution in [0.3, 0.4) is 0 Å². The van der Waals surface area contributed by atoms with Gasteiger partial charge >= 0.3 is 0 Å². The average molecular weight is 410 g/mol. The standard InChI is InChI=1S/C24H18N4O3/c29-15-16-6-1-2-9-21(16)31-23-13-20-19(12-22(23)30-17-7-5-10-25-14-17)27-24(28-20)18-8-3-4-11-26-18/h1-14,29H,15H2,(H,27,28). The number of aliphatic hydroxyl groups is 1. The van der Waals surface area contributed by atoms with E-state index in [2.05, 4.69) is 19.9 Å². The number of ether oxygens (including phenoxy) is 2. The number of para-hydroxylation sites is 1. The van der Waals surface area contributed by atoms with E-state index in [9.17, 15) is 5.11 Å². The fraction of sp³-hybridized carbons (Fsp3) is 0.0417. The largest absolute Gasteiger partial charge is 0.453 e. The fourth-order valence-corrected chi connectivity index (χ4v) is 3.19. The van der Waals surface area contributed by atoms with E-state index in [1.54, 1.807) is 36.8 Å². The molecule has 7 nitrogen and oxygen atoms in total. The van der Waals surface area contributed by atoms with Crippen molar-refractivity contribution in [1.29, 1.82) is 0 Å². The summed E-state index contributed by atoms with van der Waals surface area (Å²) in [5.74, 6) is 2.73. The Bertz CT molecular complexity index is 1320. The summed E-state index contributed by atoms with van der Waals surface area (Å²) in [5, 5.41) is 9.66. The quantitative estimate of drug-likeness (QED) is 0.405. The second kappa shape index (κ2) is 8.25. The first-order valence-electron chi connectivity index (χ1n) is 9.70. The maximum atomic E-state index is 9.66. The minimum atomic E-state index is -0.135. The number of hydrogen-bond donors (Lipinski definition) is 2.